The number of aromatic amines is 1. The number of fused-ring (bicyclic) bond motifs is 1. The number of nitrogens with one attached hydrogen (secondary N) is 1. The van der Waals surface area contributed by atoms with Crippen LogP contribution in [0.5, 0.6) is 17.5 Å². The lowest BCUT2D eigenvalue weighted by molar-refractivity contribution is 0.0695. The molecule has 8 heteroatoms. The van der Waals surface area contributed by atoms with E-state index >= 15 is 0 Å². The van der Waals surface area contributed by atoms with Crippen LogP contribution in [0.15, 0.2) is 72.8 Å². The summed E-state index contributed by atoms with van der Waals surface area (Å²) in [6.07, 6.45) is 0.602. The topological polar surface area (TPSA) is 108 Å². The van der Waals surface area contributed by atoms with Gasteiger partial charge in [0.15, 0.2) is 5.65 Å². The third-order valence-electron chi connectivity index (χ3n) is 5.69. The zero-order chi connectivity index (χ0) is 24.5. The highest BCUT2D eigenvalue weighted by Gasteiger charge is 2.15. The third-order valence-corrected chi connectivity index (χ3v) is 5.97. The van der Waals surface area contributed by atoms with Gasteiger partial charge in [0, 0.05) is 11.1 Å². The van der Waals surface area contributed by atoms with Gasteiger partial charge >= 0.3 is 12.0 Å². The van der Waals surface area contributed by atoms with Gasteiger partial charge in [-0.05, 0) is 41.8 Å². The van der Waals surface area contributed by atoms with E-state index in [-0.39, 0.29) is 17.3 Å². The van der Waals surface area contributed by atoms with Gasteiger partial charge in [-0.3, -0.25) is 0 Å². The fourth-order valence-corrected chi connectivity index (χ4v) is 4.17. The lowest BCUT2D eigenvalue weighted by Gasteiger charge is -2.07. The number of phenols is 1. The van der Waals surface area contributed by atoms with Crippen molar-refractivity contribution in [1.82, 2.24) is 15.0 Å². The Balaban J connectivity index is 1.45. The van der Waals surface area contributed by atoms with E-state index in [4.69, 9.17) is 16.3 Å². The molecule has 2 aromatic heterocycles. The number of carboxylic acid groups (broad SMARTS) is 1. The molecule has 0 amide bonds. The van der Waals surface area contributed by atoms with Crippen molar-refractivity contribution in [2.24, 2.45) is 0 Å². The van der Waals surface area contributed by atoms with Crippen molar-refractivity contribution in [3.05, 3.63) is 88.9 Å². The Morgan fingerprint density at radius 1 is 1.00 bits per heavy atom. The summed E-state index contributed by atoms with van der Waals surface area (Å²) in [5, 5.41) is 20.0. The van der Waals surface area contributed by atoms with Crippen LogP contribution in [-0.4, -0.2) is 31.1 Å². The Hall–Kier alpha value is -4.36. The predicted octanol–water partition coefficient (Wildman–Crippen LogP) is 6.70. The Morgan fingerprint density at radius 2 is 1.74 bits per heavy atom. The van der Waals surface area contributed by atoms with Gasteiger partial charge in [0.05, 0.1) is 21.8 Å². The van der Waals surface area contributed by atoms with Crippen LogP contribution in [0.3, 0.4) is 0 Å². The quantitative estimate of drug-likeness (QED) is 0.247. The number of halogens is 1. The maximum Gasteiger partial charge on any atom is 0.336 e. The lowest BCUT2D eigenvalue weighted by Crippen LogP contribution is -2.02. The normalized spacial score (nSPS) is 11.0. The number of hydrogen-bond acceptors (Lipinski definition) is 5. The van der Waals surface area contributed by atoms with Gasteiger partial charge in [0.2, 0.25) is 0 Å². The Kier molecular flexibility index (Phi) is 5.84. The number of H-pyrrole nitrogens is 1. The standard InChI is InChI=1S/C27H20ClN3O4/c1-2-15-11-12-18(13-20(15)26(33)34)35-27-29-22-14-21(28)24(30-25(22)31-27)17-9-7-16(8-10-17)19-5-3-4-6-23(19)32/h3-14,32H,2H2,1H3,(H,33,34)(H,29,30,31). The van der Waals surface area contributed by atoms with E-state index in [0.29, 0.717) is 34.1 Å². The number of aromatic nitrogens is 3. The van der Waals surface area contributed by atoms with Crippen LogP contribution in [0.2, 0.25) is 5.02 Å². The molecule has 0 aliphatic heterocycles. The molecule has 0 spiro atoms. The van der Waals surface area contributed by atoms with Crippen molar-refractivity contribution >= 4 is 28.7 Å². The SMILES string of the molecule is CCc1ccc(Oc2nc3nc(-c4ccc(-c5ccccc5O)cc4)c(Cl)cc3[nH]2)cc1C(=O)O. The molecular weight excluding hydrogens is 466 g/mol. The van der Waals surface area contributed by atoms with Gasteiger partial charge in [-0.2, -0.15) is 4.98 Å². The molecule has 3 aromatic carbocycles. The summed E-state index contributed by atoms with van der Waals surface area (Å²) in [4.78, 5) is 23.6. The van der Waals surface area contributed by atoms with Crippen molar-refractivity contribution in [2.75, 3.05) is 0 Å². The minimum absolute atomic E-state index is 0.177. The number of benzene rings is 3. The van der Waals surface area contributed by atoms with Gasteiger partial charge < -0.3 is 19.9 Å². The van der Waals surface area contributed by atoms with Crippen LogP contribution >= 0.6 is 11.6 Å². The second-order valence-corrected chi connectivity index (χ2v) is 8.31. The monoisotopic (exact) mass is 485 g/mol. The first-order chi connectivity index (χ1) is 16.9. The highest BCUT2D eigenvalue weighted by atomic mass is 35.5. The van der Waals surface area contributed by atoms with Gasteiger partial charge in [-0.25, -0.2) is 9.78 Å². The van der Waals surface area contributed by atoms with Gasteiger partial charge in [0.1, 0.15) is 11.5 Å². The van der Waals surface area contributed by atoms with E-state index in [1.54, 1.807) is 30.3 Å². The van der Waals surface area contributed by atoms with Crippen LogP contribution in [0, 0.1) is 0 Å². The fraction of sp³-hybridized carbons (Fsp3) is 0.0741. The fourth-order valence-electron chi connectivity index (χ4n) is 3.91. The van der Waals surface area contributed by atoms with Crippen LogP contribution < -0.4 is 4.74 Å². The molecule has 7 nitrogen and oxygen atoms in total. The maximum absolute atomic E-state index is 11.5. The summed E-state index contributed by atoms with van der Waals surface area (Å²) in [6, 6.07) is 21.5. The molecule has 5 aromatic rings. The number of ether oxygens (including phenoxy) is 1. The Bertz CT molecular complexity index is 1560. The molecular formula is C27H20ClN3O4. The second-order valence-electron chi connectivity index (χ2n) is 7.91. The summed E-state index contributed by atoms with van der Waals surface area (Å²) in [7, 11) is 0. The summed E-state index contributed by atoms with van der Waals surface area (Å²) >= 11 is 6.52. The number of phenolic OH excluding ortho intramolecular Hbond substituents is 1. The van der Waals surface area contributed by atoms with Gasteiger partial charge in [0.25, 0.3) is 0 Å². The second kappa shape index (κ2) is 9.12. The first-order valence-electron chi connectivity index (χ1n) is 10.9. The van der Waals surface area contributed by atoms with Crippen LogP contribution in [0.1, 0.15) is 22.8 Å². The van der Waals surface area contributed by atoms with E-state index < -0.39 is 5.97 Å². The van der Waals surface area contributed by atoms with Crippen molar-refractivity contribution < 1.29 is 19.7 Å². The molecule has 3 N–H and O–H groups in total. The van der Waals surface area contributed by atoms with Crippen molar-refractivity contribution in [3.63, 3.8) is 0 Å². The maximum atomic E-state index is 11.5. The average Bonchev–Trinajstić information content (AvgIpc) is 3.24. The molecule has 0 bridgehead atoms. The van der Waals surface area contributed by atoms with Crippen LogP contribution in [0.4, 0.5) is 0 Å². The highest BCUT2D eigenvalue weighted by molar-refractivity contribution is 6.33. The van der Waals surface area contributed by atoms with Crippen molar-refractivity contribution in [1.29, 1.82) is 0 Å². The summed E-state index contributed by atoms with van der Waals surface area (Å²) in [6.45, 7) is 1.90. The molecule has 0 aliphatic carbocycles. The Morgan fingerprint density at radius 3 is 2.46 bits per heavy atom. The zero-order valence-corrected chi connectivity index (χ0v) is 19.4. The molecule has 2 heterocycles. The largest absolute Gasteiger partial charge is 0.507 e. The number of nitrogens with zero attached hydrogens (tertiary/aromatic N) is 2. The molecule has 0 fully saturated rings. The van der Waals surface area contributed by atoms with Crippen LogP contribution in [0.25, 0.3) is 33.5 Å². The first-order valence-corrected chi connectivity index (χ1v) is 11.3. The molecule has 174 valence electrons. The number of imidazole rings is 1. The van der Waals surface area contributed by atoms with E-state index in [1.165, 1.54) is 6.07 Å². The number of carboxylic acids is 1. The summed E-state index contributed by atoms with van der Waals surface area (Å²) < 4.78 is 5.78. The van der Waals surface area contributed by atoms with Crippen LogP contribution in [-0.2, 0) is 6.42 Å². The lowest BCUT2D eigenvalue weighted by atomic mass is 10.0. The molecule has 0 radical (unpaired) electrons. The van der Waals surface area contributed by atoms with E-state index in [2.05, 4.69) is 15.0 Å². The number of rotatable bonds is 6. The summed E-state index contributed by atoms with van der Waals surface area (Å²) in [5.41, 5.74) is 4.87. The smallest absolute Gasteiger partial charge is 0.336 e. The average molecular weight is 486 g/mol. The van der Waals surface area contributed by atoms with E-state index in [9.17, 15) is 15.0 Å². The number of aryl methyl sites for hydroxylation is 1. The minimum atomic E-state index is -1.01. The molecule has 0 atom stereocenters. The number of pyridine rings is 1. The number of hydrogen-bond donors (Lipinski definition) is 3. The molecule has 0 saturated carbocycles. The Labute approximate surface area is 205 Å². The zero-order valence-electron chi connectivity index (χ0n) is 18.6. The van der Waals surface area contributed by atoms with Crippen molar-refractivity contribution in [3.8, 4) is 39.9 Å². The number of aromatic carboxylic acids is 1. The van der Waals surface area contributed by atoms with Gasteiger partial charge in [-0.15, -0.1) is 0 Å². The number of aromatic hydroxyl groups is 1. The molecule has 0 unspecified atom stereocenters. The molecule has 0 aliphatic rings. The van der Waals surface area contributed by atoms with E-state index in [0.717, 1.165) is 22.3 Å². The van der Waals surface area contributed by atoms with Gasteiger partial charge in [-0.1, -0.05) is 67.1 Å². The molecule has 5 rings (SSSR count). The molecule has 35 heavy (non-hydrogen) atoms. The minimum Gasteiger partial charge on any atom is -0.507 e. The highest BCUT2D eigenvalue weighted by Crippen LogP contribution is 2.34. The first kappa shape index (κ1) is 22.4. The predicted molar refractivity (Wildman–Crippen MR) is 134 cm³/mol. The summed E-state index contributed by atoms with van der Waals surface area (Å²) in [5.74, 6) is -0.449. The number of carbonyl (C=O) groups is 1. The molecule has 0 saturated heterocycles. The van der Waals surface area contributed by atoms with Crippen molar-refractivity contribution in [2.45, 2.75) is 13.3 Å². The number of para-hydroxylation sites is 1. The van der Waals surface area contributed by atoms with E-state index in [1.807, 2.05) is 43.3 Å². The third kappa shape index (κ3) is 4.41.